The van der Waals surface area contributed by atoms with Gasteiger partial charge in [0.05, 0.1) is 24.0 Å². The fourth-order valence-electron chi connectivity index (χ4n) is 2.91. The van der Waals surface area contributed by atoms with Crippen LogP contribution in [0.4, 0.5) is 0 Å². The molecule has 0 radical (unpaired) electrons. The van der Waals surface area contributed by atoms with Crippen LogP contribution in [0, 0.1) is 0 Å². The first-order valence-electron chi connectivity index (χ1n) is 10.3. The molecule has 3 rings (SSSR count). The highest BCUT2D eigenvalue weighted by atomic mass is 32.2. The number of methoxy groups -OCH3 is 1. The third-order valence-electron chi connectivity index (χ3n) is 4.64. The van der Waals surface area contributed by atoms with Crippen LogP contribution < -0.4 is 0 Å². The molecule has 0 spiro atoms. The molecule has 174 valence electrons. The van der Waals surface area contributed by atoms with Crippen LogP contribution in [-0.4, -0.2) is 48.8 Å². The van der Waals surface area contributed by atoms with Crippen LogP contribution in [0.25, 0.3) is 0 Å². The molecule has 0 N–H and O–H groups in total. The molecule has 34 heavy (non-hydrogen) atoms. The maximum absolute atomic E-state index is 13.2. The van der Waals surface area contributed by atoms with Gasteiger partial charge in [-0.05, 0) is 36.4 Å². The van der Waals surface area contributed by atoms with Gasteiger partial charge in [-0.1, -0.05) is 54.6 Å². The summed E-state index contributed by atoms with van der Waals surface area (Å²) < 4.78 is 15.5. The molecule has 0 aliphatic heterocycles. The summed E-state index contributed by atoms with van der Waals surface area (Å²) in [7, 11) is 1.09. The van der Waals surface area contributed by atoms with E-state index in [1.54, 1.807) is 36.4 Å². The van der Waals surface area contributed by atoms with Gasteiger partial charge < -0.3 is 14.2 Å². The minimum atomic E-state index is -1.78. The second kappa shape index (κ2) is 12.4. The average molecular weight is 479 g/mol. The van der Waals surface area contributed by atoms with Crippen molar-refractivity contribution in [3.63, 3.8) is 0 Å². The fraction of sp³-hybridized carbons (Fsp3) is 0.154. The van der Waals surface area contributed by atoms with Gasteiger partial charge in [0.25, 0.3) is 0 Å². The molecule has 3 aromatic rings. The molecule has 0 saturated carbocycles. The number of ether oxygens (including phenoxy) is 3. The van der Waals surface area contributed by atoms with E-state index in [1.165, 1.54) is 36.0 Å². The molecule has 8 heteroatoms. The molecule has 0 saturated heterocycles. The second-order valence-electron chi connectivity index (χ2n) is 6.98. The van der Waals surface area contributed by atoms with Gasteiger partial charge in [-0.15, -0.1) is 11.8 Å². The normalized spacial score (nSPS) is 12.1. The highest BCUT2D eigenvalue weighted by molar-refractivity contribution is 8.00. The quantitative estimate of drug-likeness (QED) is 0.245. The molecular formula is C26H22O7S. The van der Waals surface area contributed by atoms with Crippen molar-refractivity contribution in [3.05, 3.63) is 102 Å². The van der Waals surface area contributed by atoms with Gasteiger partial charge in [0.15, 0.2) is 5.78 Å². The molecule has 0 unspecified atom stereocenters. The lowest BCUT2D eigenvalue weighted by molar-refractivity contribution is -0.160. The monoisotopic (exact) mass is 478 g/mol. The van der Waals surface area contributed by atoms with Crippen LogP contribution in [0.2, 0.25) is 0 Å². The van der Waals surface area contributed by atoms with Gasteiger partial charge in [-0.25, -0.2) is 14.4 Å². The summed E-state index contributed by atoms with van der Waals surface area (Å²) in [5.74, 6) is -3.47. The summed E-state index contributed by atoms with van der Waals surface area (Å²) in [5, 5.41) is 0. The van der Waals surface area contributed by atoms with E-state index >= 15 is 0 Å². The van der Waals surface area contributed by atoms with Gasteiger partial charge in [0, 0.05) is 4.90 Å². The van der Waals surface area contributed by atoms with E-state index in [0.717, 1.165) is 12.0 Å². The third-order valence-corrected chi connectivity index (χ3v) is 5.67. The third kappa shape index (κ3) is 6.79. The number of carbonyl (C=O) groups is 4. The zero-order chi connectivity index (χ0) is 24.3. The van der Waals surface area contributed by atoms with Gasteiger partial charge >= 0.3 is 17.9 Å². The van der Waals surface area contributed by atoms with Crippen LogP contribution >= 0.6 is 11.8 Å². The van der Waals surface area contributed by atoms with E-state index in [2.05, 4.69) is 0 Å². The lowest BCUT2D eigenvalue weighted by Gasteiger charge is -2.24. The van der Waals surface area contributed by atoms with Crippen LogP contribution in [-0.2, 0) is 23.8 Å². The highest BCUT2D eigenvalue weighted by Crippen LogP contribution is 2.21. The molecule has 0 heterocycles. The average Bonchev–Trinajstić information content (AvgIpc) is 2.90. The number of thioether (sulfide) groups is 1. The number of hydrogen-bond acceptors (Lipinski definition) is 8. The van der Waals surface area contributed by atoms with Crippen molar-refractivity contribution in [2.24, 2.45) is 0 Å². The molecule has 7 nitrogen and oxygen atoms in total. The van der Waals surface area contributed by atoms with Crippen molar-refractivity contribution in [1.82, 2.24) is 0 Å². The van der Waals surface area contributed by atoms with Crippen molar-refractivity contribution in [2.75, 3.05) is 12.9 Å². The molecule has 0 bridgehead atoms. The number of esters is 3. The van der Waals surface area contributed by atoms with E-state index in [1.807, 2.05) is 30.3 Å². The molecule has 0 aromatic heterocycles. The summed E-state index contributed by atoms with van der Waals surface area (Å²) in [6, 6.07) is 25.0. The van der Waals surface area contributed by atoms with Crippen molar-refractivity contribution in [1.29, 1.82) is 0 Å². The summed E-state index contributed by atoms with van der Waals surface area (Å²) in [5.41, 5.74) is 0.338. The van der Waals surface area contributed by atoms with Crippen LogP contribution in [0.1, 0.15) is 20.7 Å². The van der Waals surface area contributed by atoms with E-state index in [9.17, 15) is 19.2 Å². The fourth-order valence-corrected chi connectivity index (χ4v) is 3.74. The number of benzene rings is 3. The summed E-state index contributed by atoms with van der Waals surface area (Å²) >= 11 is 1.20. The molecule has 0 amide bonds. The Morgan fingerprint density at radius 1 is 0.676 bits per heavy atom. The minimum Gasteiger partial charge on any atom is -0.466 e. The maximum atomic E-state index is 13.2. The molecule has 0 aliphatic carbocycles. The molecule has 2 atom stereocenters. The van der Waals surface area contributed by atoms with Crippen molar-refractivity contribution < 1.29 is 33.4 Å². The summed E-state index contributed by atoms with van der Waals surface area (Å²) in [6.45, 7) is 0. The van der Waals surface area contributed by atoms with Gasteiger partial charge in [-0.2, -0.15) is 0 Å². The highest BCUT2D eigenvalue weighted by Gasteiger charge is 2.41. The second-order valence-corrected chi connectivity index (χ2v) is 8.02. The Kier molecular flexibility index (Phi) is 8.99. The summed E-state index contributed by atoms with van der Waals surface area (Å²) in [6.07, 6.45) is -3.49. The largest absolute Gasteiger partial charge is 0.466 e. The van der Waals surface area contributed by atoms with Crippen molar-refractivity contribution in [2.45, 2.75) is 17.1 Å². The standard InChI is InChI=1S/C26H22O7S/c1-31-26(30)23(33-25(29)19-13-7-3-8-14-19)22(32-24(28)18-11-5-2-6-12-18)21(27)17-34-20-15-9-4-10-16-20/h2-16,22-23H,17H2,1H3/t22-,23+/m0/s1. The first-order valence-corrected chi connectivity index (χ1v) is 11.3. The zero-order valence-electron chi connectivity index (χ0n) is 18.3. The molecule has 0 aliphatic rings. The number of rotatable bonds is 10. The minimum absolute atomic E-state index is 0.132. The van der Waals surface area contributed by atoms with E-state index < -0.39 is 35.9 Å². The molecular weight excluding hydrogens is 456 g/mol. The Morgan fingerprint density at radius 2 is 1.12 bits per heavy atom. The van der Waals surface area contributed by atoms with Gasteiger partial charge in [0.1, 0.15) is 0 Å². The van der Waals surface area contributed by atoms with E-state index in [0.29, 0.717) is 0 Å². The predicted octanol–water partition coefficient (Wildman–Crippen LogP) is 3.97. The Bertz CT molecular complexity index is 1120. The Balaban J connectivity index is 1.86. The zero-order valence-corrected chi connectivity index (χ0v) is 19.1. The summed E-state index contributed by atoms with van der Waals surface area (Å²) in [4.78, 5) is 51.9. The van der Waals surface area contributed by atoms with Crippen LogP contribution in [0.15, 0.2) is 95.9 Å². The van der Waals surface area contributed by atoms with Crippen LogP contribution in [0.3, 0.4) is 0 Å². The van der Waals surface area contributed by atoms with Crippen LogP contribution in [0.5, 0.6) is 0 Å². The van der Waals surface area contributed by atoms with E-state index in [-0.39, 0.29) is 16.9 Å². The van der Waals surface area contributed by atoms with Gasteiger partial charge in [0.2, 0.25) is 12.2 Å². The SMILES string of the molecule is COC(=O)[C@H](OC(=O)c1ccccc1)[C@@H](OC(=O)c1ccccc1)C(=O)CSc1ccccc1. The number of hydrogen-bond donors (Lipinski definition) is 0. The number of carbonyl (C=O) groups excluding carboxylic acids is 4. The van der Waals surface area contributed by atoms with E-state index in [4.69, 9.17) is 14.2 Å². The Hall–Kier alpha value is -3.91. The lowest BCUT2D eigenvalue weighted by atomic mass is 10.1. The number of Topliss-reactive ketones (excluding diaryl/α,β-unsaturated/α-hetero) is 1. The predicted molar refractivity (Wildman–Crippen MR) is 125 cm³/mol. The van der Waals surface area contributed by atoms with Crippen molar-refractivity contribution >= 4 is 35.5 Å². The Morgan fingerprint density at radius 3 is 1.59 bits per heavy atom. The molecule has 3 aromatic carbocycles. The lowest BCUT2D eigenvalue weighted by Crippen LogP contribution is -2.47. The first-order chi connectivity index (χ1) is 16.5. The van der Waals surface area contributed by atoms with Crippen molar-refractivity contribution in [3.8, 4) is 0 Å². The topological polar surface area (TPSA) is 96.0 Å². The Labute approximate surface area is 201 Å². The number of ketones is 1. The smallest absolute Gasteiger partial charge is 0.351 e. The van der Waals surface area contributed by atoms with Gasteiger partial charge in [-0.3, -0.25) is 4.79 Å². The molecule has 0 fully saturated rings. The maximum Gasteiger partial charge on any atom is 0.351 e. The first kappa shape index (κ1) is 24.7.